The fourth-order valence-electron chi connectivity index (χ4n) is 2.42. The molecule has 3 rings (SSSR count). The second-order valence-electron chi connectivity index (χ2n) is 5.46. The van der Waals surface area contributed by atoms with Crippen LogP contribution in [0.15, 0.2) is 72.9 Å². The molecule has 1 radical (unpaired) electrons. The first-order chi connectivity index (χ1) is 10.2. The van der Waals surface area contributed by atoms with E-state index in [2.05, 4.69) is 61.5 Å². The molecule has 0 aliphatic carbocycles. The number of rotatable bonds is 3. The van der Waals surface area contributed by atoms with Gasteiger partial charge in [-0.3, -0.25) is 4.48 Å². The predicted octanol–water partition coefficient (Wildman–Crippen LogP) is -4.54. The second kappa shape index (κ2) is 12.1. The van der Waals surface area contributed by atoms with E-state index in [1.165, 1.54) is 11.4 Å². The third kappa shape index (κ3) is 6.38. The van der Waals surface area contributed by atoms with Crippen LogP contribution >= 0.6 is 0 Å². The van der Waals surface area contributed by atoms with Gasteiger partial charge in [0.2, 0.25) is 0 Å². The average molecular weight is 706 g/mol. The third-order valence-corrected chi connectivity index (χ3v) is 3.77. The second-order valence-corrected chi connectivity index (χ2v) is 5.46. The van der Waals surface area contributed by atoms with Gasteiger partial charge in [0.25, 0.3) is 0 Å². The first-order valence-electron chi connectivity index (χ1n) is 7.01. The molecule has 0 unspecified atom stereocenters. The molecule has 1 aromatic heterocycles. The normalized spacial score (nSPS) is 9.52. The number of hydrogen-bond donors (Lipinski definition) is 0. The van der Waals surface area contributed by atoms with Crippen LogP contribution in [0.1, 0.15) is 0 Å². The number of nitrogens with zero attached hydrogens (tertiary/aromatic N) is 2. The Hall–Kier alpha value is -0.361. The molecule has 0 spiro atoms. The molecule has 0 N–H and O–H groups in total. The molecule has 0 fully saturated rings. The van der Waals surface area contributed by atoms with Crippen LogP contribution in [0.2, 0.25) is 0 Å². The Balaban J connectivity index is 0. The smallest absolute Gasteiger partial charge is 0.136 e. The minimum atomic E-state index is 0. The number of aromatic nitrogens is 1. The minimum absolute atomic E-state index is 0. The Kier molecular flexibility index (Phi) is 13.0. The van der Waals surface area contributed by atoms with E-state index >= 15 is 0 Å². The Morgan fingerprint density at radius 2 is 1.44 bits per heavy atom. The fourth-order valence-corrected chi connectivity index (χ4v) is 2.42. The van der Waals surface area contributed by atoms with E-state index in [0.717, 1.165) is 11.3 Å². The van der Waals surface area contributed by atoms with Gasteiger partial charge in [-0.05, 0) is 23.9 Å². The molecule has 0 aliphatic heterocycles. The monoisotopic (exact) mass is 704 g/mol. The van der Waals surface area contributed by atoms with Crippen LogP contribution in [0, 0.1) is 6.07 Å². The van der Waals surface area contributed by atoms with Crippen LogP contribution in [0.4, 0.5) is 11.4 Å². The number of hydrogen-bond acceptors (Lipinski definition) is 1. The summed E-state index contributed by atoms with van der Waals surface area (Å²) in [6.45, 7) is 0. The third-order valence-electron chi connectivity index (χ3n) is 3.77. The van der Waals surface area contributed by atoms with Crippen molar-refractivity contribution in [1.29, 1.82) is 0 Å². The molecule has 0 atom stereocenters. The zero-order valence-electron chi connectivity index (χ0n) is 13.8. The zero-order chi connectivity index (χ0) is 14.7. The molecule has 0 amide bonds. The van der Waals surface area contributed by atoms with Crippen LogP contribution in [-0.4, -0.2) is 19.1 Å². The van der Waals surface area contributed by atoms with E-state index in [1.807, 2.05) is 36.5 Å². The summed E-state index contributed by atoms with van der Waals surface area (Å²) < 4.78 is 0.690. The van der Waals surface area contributed by atoms with Gasteiger partial charge < -0.3 is 55.9 Å². The minimum Gasteiger partial charge on any atom is -1.00 e. The maximum atomic E-state index is 4.41. The molecule has 1 heterocycles. The van der Waals surface area contributed by atoms with Crippen LogP contribution in [0.5, 0.6) is 0 Å². The largest absolute Gasteiger partial charge is 1.00 e. The van der Waals surface area contributed by atoms with Gasteiger partial charge >= 0.3 is 0 Å². The maximum Gasteiger partial charge on any atom is 0.136 e. The molecule has 25 heavy (non-hydrogen) atoms. The summed E-state index contributed by atoms with van der Waals surface area (Å²) in [6.07, 6.45) is 1.81. The van der Waals surface area contributed by atoms with E-state index in [1.54, 1.807) is 0 Å². The quantitative estimate of drug-likeness (QED) is 0.198. The van der Waals surface area contributed by atoms with Crippen LogP contribution in [-0.2, 0) is 20.1 Å². The van der Waals surface area contributed by atoms with Crippen molar-refractivity contribution < 1.29 is 71.0 Å². The van der Waals surface area contributed by atoms with E-state index in [9.17, 15) is 0 Å². The van der Waals surface area contributed by atoms with Gasteiger partial charge in [-0.15, -0.1) is 17.7 Å². The average Bonchev–Trinajstić information content (AvgIpc) is 2.57. The molecule has 0 saturated carbocycles. The molecular formula is C19H18Br3IrN2-3. The van der Waals surface area contributed by atoms with Gasteiger partial charge in [0.15, 0.2) is 0 Å². The van der Waals surface area contributed by atoms with E-state index in [-0.39, 0.29) is 71.0 Å². The van der Waals surface area contributed by atoms with Crippen molar-refractivity contribution in [3.63, 3.8) is 0 Å². The zero-order valence-corrected chi connectivity index (χ0v) is 20.9. The molecule has 0 saturated heterocycles. The number of para-hydroxylation sites is 1. The summed E-state index contributed by atoms with van der Waals surface area (Å²) in [5, 5.41) is 0. The van der Waals surface area contributed by atoms with Crippen molar-refractivity contribution in [3.05, 3.63) is 79.0 Å². The first-order valence-corrected chi connectivity index (χ1v) is 7.01. The van der Waals surface area contributed by atoms with Crippen molar-refractivity contribution in [1.82, 2.24) is 9.47 Å². The van der Waals surface area contributed by atoms with E-state index in [0.29, 0.717) is 4.48 Å². The summed E-state index contributed by atoms with van der Waals surface area (Å²) in [5.74, 6) is 0. The van der Waals surface area contributed by atoms with Crippen molar-refractivity contribution in [3.8, 4) is 11.3 Å². The predicted molar refractivity (Wildman–Crippen MR) is 88.3 cm³/mol. The van der Waals surface area contributed by atoms with Gasteiger partial charge in [0, 0.05) is 26.3 Å². The van der Waals surface area contributed by atoms with Gasteiger partial charge in [-0.25, -0.2) is 0 Å². The van der Waals surface area contributed by atoms with E-state index in [4.69, 9.17) is 0 Å². The molecule has 2 aromatic carbocycles. The number of quaternary nitrogens is 1. The van der Waals surface area contributed by atoms with Gasteiger partial charge in [0.05, 0.1) is 19.8 Å². The van der Waals surface area contributed by atoms with Gasteiger partial charge in [0.1, 0.15) is 5.69 Å². The van der Waals surface area contributed by atoms with Crippen LogP contribution < -0.4 is 55.4 Å². The molecule has 2 nitrogen and oxygen atoms in total. The van der Waals surface area contributed by atoms with Crippen molar-refractivity contribution in [2.75, 3.05) is 14.1 Å². The summed E-state index contributed by atoms with van der Waals surface area (Å²) in [6, 6.07) is 26.0. The Labute approximate surface area is 194 Å². The summed E-state index contributed by atoms with van der Waals surface area (Å²) >= 11 is 0. The summed E-state index contributed by atoms with van der Waals surface area (Å²) in [5.41, 5.74) is 4.43. The number of benzene rings is 2. The fraction of sp³-hybridized carbons (Fsp3) is 0.105. The number of pyridine rings is 1. The molecule has 3 aromatic rings. The molecule has 137 valence electrons. The number of halogens is 3. The Bertz CT molecular complexity index is 738. The van der Waals surface area contributed by atoms with Gasteiger partial charge in [-0.2, -0.15) is 0 Å². The molecular weight excluding hydrogens is 688 g/mol. The summed E-state index contributed by atoms with van der Waals surface area (Å²) in [7, 11) is 4.37. The molecule has 0 aliphatic rings. The standard InChI is InChI=1S/C19H18N2.3BrH.Ir/c1-21(2,17-10-4-3-5-11-17)18-12-8-9-16(15-18)19-13-6-7-14-20-19;;;;/h3-8,10-15H,1-2H3;3*1H;/p-3. The topological polar surface area (TPSA) is 12.9 Å². The van der Waals surface area contributed by atoms with Gasteiger partial charge in [-0.1, -0.05) is 42.5 Å². The molecule has 6 heteroatoms. The first kappa shape index (κ1) is 26.9. The van der Waals surface area contributed by atoms with Crippen LogP contribution in [0.25, 0.3) is 11.3 Å². The van der Waals surface area contributed by atoms with E-state index < -0.39 is 0 Å². The van der Waals surface area contributed by atoms with Crippen molar-refractivity contribution in [2.45, 2.75) is 0 Å². The SMILES string of the molecule is C[N+](C)(c1ccccc1)c1cc[c-]c(-c2ccccn2)c1.[Br-].[Br-].[Br-].[Ir]. The summed E-state index contributed by atoms with van der Waals surface area (Å²) in [4.78, 5) is 4.41. The Morgan fingerprint density at radius 1 is 0.800 bits per heavy atom. The van der Waals surface area contributed by atoms with Crippen molar-refractivity contribution in [2.24, 2.45) is 0 Å². The van der Waals surface area contributed by atoms with Crippen molar-refractivity contribution >= 4 is 11.4 Å². The Morgan fingerprint density at radius 3 is 2.04 bits per heavy atom. The van der Waals surface area contributed by atoms with Crippen LogP contribution in [0.3, 0.4) is 0 Å². The maximum absolute atomic E-state index is 4.41. The molecule has 0 bridgehead atoms.